The van der Waals surface area contributed by atoms with E-state index in [0.29, 0.717) is 5.56 Å². The number of hydrogen-bond acceptors (Lipinski definition) is 5. The van der Waals surface area contributed by atoms with Gasteiger partial charge in [0.25, 0.3) is 0 Å². The van der Waals surface area contributed by atoms with Gasteiger partial charge in [0.1, 0.15) is 0 Å². The number of nitriles is 1. The molecule has 0 aliphatic heterocycles. The molecule has 0 bridgehead atoms. The second kappa shape index (κ2) is 6.71. The molecule has 4 nitrogen and oxygen atoms in total. The lowest BCUT2D eigenvalue weighted by atomic mass is 9.89. The summed E-state index contributed by atoms with van der Waals surface area (Å²) in [5, 5.41) is 16.2. The van der Waals surface area contributed by atoms with E-state index < -0.39 is 0 Å². The fourth-order valence-corrected chi connectivity index (χ4v) is 3.32. The van der Waals surface area contributed by atoms with Gasteiger partial charge in [-0.15, -0.1) is 11.3 Å². The number of hydrogen-bond donors (Lipinski definition) is 1. The first-order valence-electron chi connectivity index (χ1n) is 7.52. The van der Waals surface area contributed by atoms with Gasteiger partial charge in [-0.05, 0) is 43.7 Å². The van der Waals surface area contributed by atoms with E-state index in [1.807, 2.05) is 29.6 Å². The molecule has 1 aromatic heterocycles. The van der Waals surface area contributed by atoms with Crippen molar-refractivity contribution in [3.63, 3.8) is 0 Å². The van der Waals surface area contributed by atoms with Gasteiger partial charge in [-0.1, -0.05) is 19.1 Å². The first-order chi connectivity index (χ1) is 10.7. The summed E-state index contributed by atoms with van der Waals surface area (Å²) in [4.78, 5) is 4.56. The number of thiazole rings is 1. The molecule has 2 aromatic rings. The van der Waals surface area contributed by atoms with Crippen molar-refractivity contribution in [2.45, 2.75) is 32.6 Å². The molecule has 1 unspecified atom stereocenters. The molecule has 1 aliphatic rings. The molecule has 1 aromatic carbocycles. The molecule has 22 heavy (non-hydrogen) atoms. The molecular formula is C17H18N4S. The minimum absolute atomic E-state index is 0.662. The van der Waals surface area contributed by atoms with Crippen molar-refractivity contribution in [3.8, 4) is 17.3 Å². The Morgan fingerprint density at radius 3 is 2.91 bits per heavy atom. The van der Waals surface area contributed by atoms with Crippen molar-refractivity contribution in [3.05, 3.63) is 35.2 Å². The van der Waals surface area contributed by atoms with Crippen LogP contribution in [-0.4, -0.2) is 10.7 Å². The highest BCUT2D eigenvalue weighted by Gasteiger charge is 2.14. The zero-order valence-electron chi connectivity index (χ0n) is 12.5. The summed E-state index contributed by atoms with van der Waals surface area (Å²) in [5.41, 5.74) is 6.92. The predicted molar refractivity (Wildman–Crippen MR) is 91.0 cm³/mol. The number of nitrogens with one attached hydrogen (secondary N) is 1. The maximum Gasteiger partial charge on any atom is 0.203 e. The molecule has 1 saturated carbocycles. The van der Waals surface area contributed by atoms with Crippen LogP contribution in [0.3, 0.4) is 0 Å². The minimum atomic E-state index is 0.662. The molecule has 112 valence electrons. The third kappa shape index (κ3) is 3.52. The van der Waals surface area contributed by atoms with Crippen molar-refractivity contribution < 1.29 is 0 Å². The quantitative estimate of drug-likeness (QED) is 0.839. The number of nitrogens with zero attached hydrogens (tertiary/aromatic N) is 3. The third-order valence-electron chi connectivity index (χ3n) is 3.87. The van der Waals surface area contributed by atoms with Gasteiger partial charge in [-0.3, -0.25) is 5.43 Å². The van der Waals surface area contributed by atoms with Crippen molar-refractivity contribution in [2.24, 2.45) is 11.0 Å². The molecule has 1 atom stereocenters. The van der Waals surface area contributed by atoms with Crippen LogP contribution in [0.4, 0.5) is 5.13 Å². The van der Waals surface area contributed by atoms with Gasteiger partial charge in [0.2, 0.25) is 5.13 Å². The van der Waals surface area contributed by atoms with Crippen LogP contribution in [0.1, 0.15) is 38.2 Å². The van der Waals surface area contributed by atoms with Crippen molar-refractivity contribution in [2.75, 3.05) is 5.43 Å². The summed E-state index contributed by atoms with van der Waals surface area (Å²) in [6, 6.07) is 9.59. The normalized spacial score (nSPS) is 19.8. The topological polar surface area (TPSA) is 61.1 Å². The zero-order valence-corrected chi connectivity index (χ0v) is 13.4. The molecule has 0 saturated heterocycles. The summed E-state index contributed by atoms with van der Waals surface area (Å²) in [6.07, 6.45) is 4.71. The zero-order chi connectivity index (χ0) is 15.4. The largest absolute Gasteiger partial charge is 0.253 e. The molecule has 1 aliphatic carbocycles. The minimum Gasteiger partial charge on any atom is -0.253 e. The van der Waals surface area contributed by atoms with Gasteiger partial charge in [0.15, 0.2) is 0 Å². The van der Waals surface area contributed by atoms with Gasteiger partial charge >= 0.3 is 0 Å². The van der Waals surface area contributed by atoms with E-state index in [4.69, 9.17) is 5.26 Å². The van der Waals surface area contributed by atoms with E-state index in [0.717, 1.165) is 35.1 Å². The Hall–Kier alpha value is -2.19. The van der Waals surface area contributed by atoms with Crippen LogP contribution in [0.15, 0.2) is 34.7 Å². The lowest BCUT2D eigenvalue weighted by Crippen LogP contribution is -2.13. The van der Waals surface area contributed by atoms with E-state index in [1.165, 1.54) is 18.6 Å². The fourth-order valence-electron chi connectivity index (χ4n) is 2.66. The van der Waals surface area contributed by atoms with Gasteiger partial charge in [0, 0.05) is 16.7 Å². The Morgan fingerprint density at radius 1 is 1.36 bits per heavy atom. The maximum atomic E-state index is 8.83. The first kappa shape index (κ1) is 14.7. The average molecular weight is 310 g/mol. The van der Waals surface area contributed by atoms with E-state index >= 15 is 0 Å². The monoisotopic (exact) mass is 310 g/mol. The molecular weight excluding hydrogens is 292 g/mol. The number of benzene rings is 1. The lowest BCUT2D eigenvalue weighted by Gasteiger charge is -2.18. The molecule has 0 spiro atoms. The molecule has 0 amide bonds. The van der Waals surface area contributed by atoms with E-state index in [2.05, 4.69) is 28.5 Å². The summed E-state index contributed by atoms with van der Waals surface area (Å²) < 4.78 is 0. The van der Waals surface area contributed by atoms with E-state index in [1.54, 1.807) is 11.3 Å². The molecule has 0 radical (unpaired) electrons. The van der Waals surface area contributed by atoms with Crippen molar-refractivity contribution >= 4 is 22.2 Å². The molecule has 1 N–H and O–H groups in total. The van der Waals surface area contributed by atoms with Gasteiger partial charge in [-0.2, -0.15) is 10.4 Å². The maximum absolute atomic E-state index is 8.83. The van der Waals surface area contributed by atoms with Crippen LogP contribution < -0.4 is 5.43 Å². The smallest absolute Gasteiger partial charge is 0.203 e. The van der Waals surface area contributed by atoms with Crippen LogP contribution in [-0.2, 0) is 0 Å². The first-order valence-corrected chi connectivity index (χ1v) is 8.40. The van der Waals surface area contributed by atoms with Crippen LogP contribution in [0, 0.1) is 17.2 Å². The van der Waals surface area contributed by atoms with E-state index in [9.17, 15) is 0 Å². The summed E-state index contributed by atoms with van der Waals surface area (Å²) in [5.74, 6) is 0.736. The second-order valence-corrected chi connectivity index (χ2v) is 6.58. The van der Waals surface area contributed by atoms with Gasteiger partial charge in [-0.25, -0.2) is 4.98 Å². The second-order valence-electron chi connectivity index (χ2n) is 5.72. The van der Waals surface area contributed by atoms with Gasteiger partial charge < -0.3 is 0 Å². The fraction of sp³-hybridized carbons (Fsp3) is 0.353. The van der Waals surface area contributed by atoms with Crippen LogP contribution in [0.25, 0.3) is 11.3 Å². The molecule has 1 heterocycles. The van der Waals surface area contributed by atoms with E-state index in [-0.39, 0.29) is 0 Å². The Bertz CT molecular complexity index is 709. The standard InChI is InChI=1S/C17H18N4S/c1-12-3-2-4-15(9-12)20-21-17-19-16(11-22-17)14-7-5-13(10-18)6-8-14/h5-8,11-12H,2-4,9H2,1H3,(H,19,21)/b20-15+. The van der Waals surface area contributed by atoms with Gasteiger partial charge in [0.05, 0.1) is 17.3 Å². The third-order valence-corrected chi connectivity index (χ3v) is 4.62. The molecule has 5 heteroatoms. The Kier molecular flexibility index (Phi) is 4.50. The highest BCUT2D eigenvalue weighted by Crippen LogP contribution is 2.26. The Balaban J connectivity index is 1.68. The molecule has 1 fully saturated rings. The summed E-state index contributed by atoms with van der Waals surface area (Å²) in [7, 11) is 0. The molecule has 3 rings (SSSR count). The van der Waals surface area contributed by atoms with Crippen molar-refractivity contribution in [1.82, 2.24) is 4.98 Å². The summed E-state index contributed by atoms with van der Waals surface area (Å²) >= 11 is 1.55. The Labute approximate surface area is 134 Å². The van der Waals surface area contributed by atoms with Crippen LogP contribution in [0.2, 0.25) is 0 Å². The number of hydrazone groups is 1. The highest BCUT2D eigenvalue weighted by atomic mass is 32.1. The highest BCUT2D eigenvalue weighted by molar-refractivity contribution is 7.14. The average Bonchev–Trinajstić information content (AvgIpc) is 3.02. The Morgan fingerprint density at radius 2 is 2.18 bits per heavy atom. The SMILES string of the molecule is CC1CCC/C(=N\Nc2nc(-c3ccc(C#N)cc3)cs2)C1. The van der Waals surface area contributed by atoms with Crippen molar-refractivity contribution in [1.29, 1.82) is 5.26 Å². The predicted octanol–water partition coefficient (Wildman–Crippen LogP) is 4.66. The number of anilines is 1. The number of rotatable bonds is 3. The number of aromatic nitrogens is 1. The lowest BCUT2D eigenvalue weighted by molar-refractivity contribution is 0.500. The van der Waals surface area contributed by atoms with Crippen LogP contribution in [0.5, 0.6) is 0 Å². The van der Waals surface area contributed by atoms with Crippen LogP contribution >= 0.6 is 11.3 Å². The summed E-state index contributed by atoms with van der Waals surface area (Å²) in [6.45, 7) is 2.28.